The summed E-state index contributed by atoms with van der Waals surface area (Å²) in [4.78, 5) is 16.5. The molecule has 142 valence electrons. The summed E-state index contributed by atoms with van der Waals surface area (Å²) in [7, 11) is 0. The van der Waals surface area contributed by atoms with Crippen LogP contribution in [0.1, 0.15) is 34.5 Å². The standard InChI is InChI=1S/C24H24N2OS/c1-18(20-10-6-3-7-11-20)25-24(27)21-12-13-23-22(16-21)26(14-15-28-23)17-19-8-4-2-5-9-19/h2-13,16,18H,14-15,17H2,1H3,(H,25,27). The monoisotopic (exact) mass is 388 g/mol. The van der Waals surface area contributed by atoms with Gasteiger partial charge in [-0.1, -0.05) is 60.7 Å². The molecule has 0 saturated carbocycles. The van der Waals surface area contributed by atoms with E-state index < -0.39 is 0 Å². The first-order valence-electron chi connectivity index (χ1n) is 9.62. The number of carbonyl (C=O) groups is 1. The van der Waals surface area contributed by atoms with Gasteiger partial charge in [0.25, 0.3) is 5.91 Å². The molecule has 3 aromatic rings. The molecule has 1 aliphatic heterocycles. The zero-order valence-electron chi connectivity index (χ0n) is 16.0. The second-order valence-corrected chi connectivity index (χ2v) is 8.18. The van der Waals surface area contributed by atoms with Crippen molar-refractivity contribution in [3.05, 3.63) is 95.6 Å². The number of nitrogens with zero attached hydrogens (tertiary/aromatic N) is 1. The molecule has 0 spiro atoms. The molecule has 28 heavy (non-hydrogen) atoms. The van der Waals surface area contributed by atoms with Gasteiger partial charge in [-0.3, -0.25) is 4.79 Å². The van der Waals surface area contributed by atoms with Crippen molar-refractivity contribution in [3.63, 3.8) is 0 Å². The summed E-state index contributed by atoms with van der Waals surface area (Å²) in [5, 5.41) is 3.12. The summed E-state index contributed by atoms with van der Waals surface area (Å²) >= 11 is 1.86. The van der Waals surface area contributed by atoms with E-state index in [2.05, 4.69) is 40.5 Å². The van der Waals surface area contributed by atoms with Crippen LogP contribution < -0.4 is 10.2 Å². The fourth-order valence-corrected chi connectivity index (χ4v) is 4.52. The second-order valence-electron chi connectivity index (χ2n) is 7.04. The predicted octanol–water partition coefficient (Wildman–Crippen LogP) is 5.29. The lowest BCUT2D eigenvalue weighted by Crippen LogP contribution is -2.30. The van der Waals surface area contributed by atoms with Crippen LogP contribution in [0.5, 0.6) is 0 Å². The highest BCUT2D eigenvalue weighted by Crippen LogP contribution is 2.36. The highest BCUT2D eigenvalue weighted by molar-refractivity contribution is 7.99. The molecule has 0 aromatic heterocycles. The van der Waals surface area contributed by atoms with Crippen LogP contribution in [0.3, 0.4) is 0 Å². The zero-order chi connectivity index (χ0) is 19.3. The topological polar surface area (TPSA) is 32.3 Å². The predicted molar refractivity (Wildman–Crippen MR) is 117 cm³/mol. The van der Waals surface area contributed by atoms with E-state index in [0.717, 1.165) is 30.1 Å². The van der Waals surface area contributed by atoms with E-state index in [1.807, 2.05) is 67.2 Å². The van der Waals surface area contributed by atoms with Crippen molar-refractivity contribution in [3.8, 4) is 0 Å². The molecular weight excluding hydrogens is 364 g/mol. The third kappa shape index (κ3) is 4.23. The Morgan fingerprint density at radius 1 is 1.04 bits per heavy atom. The van der Waals surface area contributed by atoms with Gasteiger partial charge < -0.3 is 10.2 Å². The zero-order valence-corrected chi connectivity index (χ0v) is 16.8. The van der Waals surface area contributed by atoms with Gasteiger partial charge in [0.2, 0.25) is 0 Å². The lowest BCUT2D eigenvalue weighted by Gasteiger charge is -2.31. The highest BCUT2D eigenvalue weighted by atomic mass is 32.2. The summed E-state index contributed by atoms with van der Waals surface area (Å²) in [6.07, 6.45) is 0. The fourth-order valence-electron chi connectivity index (χ4n) is 3.49. The number of fused-ring (bicyclic) bond motifs is 1. The highest BCUT2D eigenvalue weighted by Gasteiger charge is 2.20. The number of rotatable bonds is 5. The van der Waals surface area contributed by atoms with Crippen molar-refractivity contribution in [2.24, 2.45) is 0 Å². The normalized spacial score (nSPS) is 14.2. The van der Waals surface area contributed by atoms with Crippen LogP contribution in [0, 0.1) is 0 Å². The minimum absolute atomic E-state index is 0.0282. The number of hydrogen-bond acceptors (Lipinski definition) is 3. The average molecular weight is 389 g/mol. The van der Waals surface area contributed by atoms with E-state index in [-0.39, 0.29) is 11.9 Å². The Morgan fingerprint density at radius 3 is 2.50 bits per heavy atom. The molecule has 1 unspecified atom stereocenters. The third-order valence-corrected chi connectivity index (χ3v) is 6.09. The van der Waals surface area contributed by atoms with Gasteiger partial charge in [0.05, 0.1) is 11.7 Å². The summed E-state index contributed by atoms with van der Waals surface area (Å²) < 4.78 is 0. The van der Waals surface area contributed by atoms with Crippen molar-refractivity contribution in [1.29, 1.82) is 0 Å². The number of benzene rings is 3. The minimum atomic E-state index is -0.0330. The van der Waals surface area contributed by atoms with Crippen molar-refractivity contribution in [1.82, 2.24) is 5.32 Å². The Bertz CT molecular complexity index is 943. The lowest BCUT2D eigenvalue weighted by molar-refractivity contribution is 0.0940. The molecule has 0 radical (unpaired) electrons. The van der Waals surface area contributed by atoms with Crippen LogP contribution >= 0.6 is 11.8 Å². The van der Waals surface area contributed by atoms with Crippen molar-refractivity contribution >= 4 is 23.4 Å². The first kappa shape index (κ1) is 18.6. The Kier molecular flexibility index (Phi) is 5.68. The SMILES string of the molecule is CC(NC(=O)c1ccc2c(c1)N(Cc1ccccc1)CCS2)c1ccccc1. The number of anilines is 1. The van der Waals surface area contributed by atoms with E-state index in [1.54, 1.807) is 0 Å². The van der Waals surface area contributed by atoms with Gasteiger partial charge >= 0.3 is 0 Å². The molecule has 1 atom stereocenters. The van der Waals surface area contributed by atoms with Gasteiger partial charge in [-0.2, -0.15) is 0 Å². The first-order valence-corrected chi connectivity index (χ1v) is 10.6. The van der Waals surface area contributed by atoms with E-state index in [0.29, 0.717) is 5.56 Å². The van der Waals surface area contributed by atoms with E-state index >= 15 is 0 Å². The maximum Gasteiger partial charge on any atom is 0.251 e. The second kappa shape index (κ2) is 8.53. The Morgan fingerprint density at radius 2 is 1.75 bits per heavy atom. The van der Waals surface area contributed by atoms with Gasteiger partial charge in [0.15, 0.2) is 0 Å². The van der Waals surface area contributed by atoms with E-state index in [1.165, 1.54) is 10.5 Å². The molecular formula is C24H24N2OS. The van der Waals surface area contributed by atoms with Crippen LogP contribution in [-0.2, 0) is 6.54 Å². The Hall–Kier alpha value is -2.72. The summed E-state index contributed by atoms with van der Waals surface area (Å²) in [5.74, 6) is 1.03. The summed E-state index contributed by atoms with van der Waals surface area (Å²) in [6.45, 7) is 3.86. The van der Waals surface area contributed by atoms with Crippen molar-refractivity contribution in [2.45, 2.75) is 24.4 Å². The number of amides is 1. The Labute approximate surface area is 170 Å². The number of nitrogens with one attached hydrogen (secondary N) is 1. The quantitative estimate of drug-likeness (QED) is 0.644. The molecule has 1 N–H and O–H groups in total. The number of carbonyl (C=O) groups excluding carboxylic acids is 1. The molecule has 0 aliphatic carbocycles. The van der Waals surface area contributed by atoms with Gasteiger partial charge in [-0.05, 0) is 36.2 Å². The molecule has 1 heterocycles. The van der Waals surface area contributed by atoms with Crippen LogP contribution in [0.2, 0.25) is 0 Å². The minimum Gasteiger partial charge on any atom is -0.365 e. The smallest absolute Gasteiger partial charge is 0.251 e. The molecule has 3 aromatic carbocycles. The van der Waals surface area contributed by atoms with Gasteiger partial charge in [-0.25, -0.2) is 0 Å². The molecule has 4 rings (SSSR count). The van der Waals surface area contributed by atoms with Crippen LogP contribution in [-0.4, -0.2) is 18.2 Å². The van der Waals surface area contributed by atoms with Gasteiger partial charge in [0.1, 0.15) is 0 Å². The molecule has 1 aliphatic rings. The van der Waals surface area contributed by atoms with Crippen molar-refractivity contribution < 1.29 is 4.79 Å². The summed E-state index contributed by atoms with van der Waals surface area (Å²) in [5.41, 5.74) is 4.25. The molecule has 0 saturated heterocycles. The third-order valence-electron chi connectivity index (χ3n) is 5.04. The van der Waals surface area contributed by atoms with Gasteiger partial charge in [0, 0.05) is 29.3 Å². The number of thioether (sulfide) groups is 1. The lowest BCUT2D eigenvalue weighted by atomic mass is 10.1. The van der Waals surface area contributed by atoms with Gasteiger partial charge in [-0.15, -0.1) is 11.8 Å². The number of hydrogen-bond donors (Lipinski definition) is 1. The molecule has 4 heteroatoms. The van der Waals surface area contributed by atoms with E-state index in [4.69, 9.17) is 0 Å². The first-order chi connectivity index (χ1) is 13.7. The van der Waals surface area contributed by atoms with Crippen molar-refractivity contribution in [2.75, 3.05) is 17.2 Å². The molecule has 0 fully saturated rings. The average Bonchev–Trinajstić information content (AvgIpc) is 2.75. The fraction of sp³-hybridized carbons (Fsp3) is 0.208. The van der Waals surface area contributed by atoms with E-state index in [9.17, 15) is 4.79 Å². The van der Waals surface area contributed by atoms with Crippen LogP contribution in [0.25, 0.3) is 0 Å². The molecule has 0 bridgehead atoms. The molecule has 1 amide bonds. The van der Waals surface area contributed by atoms with Crippen LogP contribution in [0.15, 0.2) is 83.8 Å². The Balaban J connectivity index is 1.53. The maximum absolute atomic E-state index is 12.8. The van der Waals surface area contributed by atoms with Crippen LogP contribution in [0.4, 0.5) is 5.69 Å². The molecule has 3 nitrogen and oxygen atoms in total. The maximum atomic E-state index is 12.8. The summed E-state index contributed by atoms with van der Waals surface area (Å²) in [6, 6.07) is 26.6. The largest absolute Gasteiger partial charge is 0.365 e.